The van der Waals surface area contributed by atoms with Gasteiger partial charge >= 0.3 is 0 Å². The van der Waals surface area contributed by atoms with Crippen molar-refractivity contribution < 1.29 is 51.7 Å². The van der Waals surface area contributed by atoms with Crippen LogP contribution in [0.15, 0.2) is 130 Å². The van der Waals surface area contributed by atoms with E-state index in [1.165, 1.54) is 49.8 Å². The molecule has 3 aliphatic heterocycles. The van der Waals surface area contributed by atoms with E-state index < -0.39 is 51.3 Å². The van der Waals surface area contributed by atoms with Gasteiger partial charge in [-0.05, 0) is 158 Å². The minimum atomic E-state index is -4.19. The first-order valence-corrected chi connectivity index (χ1v) is 42.7. The number of β-amino-alcohol motifs (C(OH)–C–C–N with tert-alkyl or cyclic N) is 1. The summed E-state index contributed by atoms with van der Waals surface area (Å²) in [7, 11) is -4.19. The number of piperazine rings is 2. The summed E-state index contributed by atoms with van der Waals surface area (Å²) in [6, 6.07) is 28.5. The first-order chi connectivity index (χ1) is 52.7. The van der Waals surface area contributed by atoms with E-state index in [0.717, 1.165) is 108 Å². The number of aliphatic hydroxyl groups excluding tert-OH is 1. The molecule has 0 radical (unpaired) electrons. The zero-order valence-corrected chi connectivity index (χ0v) is 67.9. The Hall–Kier alpha value is -7.60. The molecule has 4 atom stereocenters. The van der Waals surface area contributed by atoms with Crippen molar-refractivity contribution in [2.45, 2.75) is 180 Å². The van der Waals surface area contributed by atoms with Crippen LogP contribution in [0, 0.1) is 35.5 Å². The third-order valence-corrected chi connectivity index (χ3v) is 26.6. The van der Waals surface area contributed by atoms with E-state index >= 15 is 0 Å². The Bertz CT molecular complexity index is 4260. The molecule has 4 aromatic carbocycles. The summed E-state index contributed by atoms with van der Waals surface area (Å²) in [5.41, 5.74) is 12.5. The molecule has 0 unspecified atom stereocenters. The van der Waals surface area contributed by atoms with Crippen molar-refractivity contribution >= 4 is 74.0 Å². The van der Waals surface area contributed by atoms with Gasteiger partial charge in [-0.25, -0.2) is 18.1 Å². The Balaban J connectivity index is 0.511. The van der Waals surface area contributed by atoms with Crippen LogP contribution >= 0.6 is 23.1 Å². The lowest BCUT2D eigenvalue weighted by molar-refractivity contribution is -0.182. The van der Waals surface area contributed by atoms with Crippen molar-refractivity contribution in [3.8, 4) is 10.4 Å². The highest BCUT2D eigenvalue weighted by Gasteiger charge is 2.68. The normalized spacial score (nSPS) is 21.4. The zero-order chi connectivity index (χ0) is 77.8. The average Bonchev–Trinajstić information content (AvgIpc) is 0.683. The van der Waals surface area contributed by atoms with E-state index in [4.69, 9.17) is 14.2 Å². The molecular formula is C83H113N13O11S3. The molecule has 27 heteroatoms. The van der Waals surface area contributed by atoms with Gasteiger partial charge < -0.3 is 50.0 Å². The Kier molecular flexibility index (Phi) is 27.1. The number of aromatic nitrogens is 4. The quantitative estimate of drug-likeness (QED) is 0.0139. The lowest BCUT2D eigenvalue weighted by Crippen LogP contribution is -2.63. The van der Waals surface area contributed by atoms with Gasteiger partial charge in [-0.1, -0.05) is 107 Å². The third kappa shape index (κ3) is 21.2. The van der Waals surface area contributed by atoms with Crippen LogP contribution in [0.1, 0.15) is 145 Å². The van der Waals surface area contributed by atoms with E-state index in [0.29, 0.717) is 54.4 Å². The highest BCUT2D eigenvalue weighted by atomic mass is 32.2. The van der Waals surface area contributed by atoms with Crippen molar-refractivity contribution in [1.29, 1.82) is 0 Å². The first-order valence-electron chi connectivity index (χ1n) is 39.3. The molecular weight excluding hydrogens is 1450 g/mol. The van der Waals surface area contributed by atoms with E-state index in [2.05, 4.69) is 83.6 Å². The number of nitrogens with one attached hydrogen (secondary N) is 4. The minimum absolute atomic E-state index is 0.0163. The van der Waals surface area contributed by atoms with Gasteiger partial charge in [0.2, 0.25) is 23.6 Å². The summed E-state index contributed by atoms with van der Waals surface area (Å²) in [6.07, 6.45) is 12.1. The maximum Gasteiger partial charge on any atom is 0.264 e. The number of ether oxygens (including phenoxy) is 3. The zero-order valence-electron chi connectivity index (χ0n) is 65.4. The largest absolute Gasteiger partial charge is 0.391 e. The molecule has 2 bridgehead atoms. The van der Waals surface area contributed by atoms with Crippen molar-refractivity contribution in [1.82, 2.24) is 54.9 Å². The highest BCUT2D eigenvalue weighted by Crippen LogP contribution is 2.79. The number of hydrogen-bond donors (Lipinski definition) is 5. The summed E-state index contributed by atoms with van der Waals surface area (Å²) in [4.78, 5) is 85.0. The highest BCUT2D eigenvalue weighted by molar-refractivity contribution is 7.99. The van der Waals surface area contributed by atoms with Gasteiger partial charge in [0.25, 0.3) is 15.9 Å². The van der Waals surface area contributed by atoms with Crippen LogP contribution in [0.3, 0.4) is 0 Å². The van der Waals surface area contributed by atoms with Crippen molar-refractivity contribution in [3.05, 3.63) is 148 Å². The van der Waals surface area contributed by atoms with Gasteiger partial charge in [-0.3, -0.25) is 38.5 Å². The summed E-state index contributed by atoms with van der Waals surface area (Å²) < 4.78 is 48.7. The molecule has 0 spiro atoms. The number of nitrogens with zero attached hydrogens (tertiary/aromatic N) is 9. The van der Waals surface area contributed by atoms with Gasteiger partial charge in [0.15, 0.2) is 0 Å². The van der Waals surface area contributed by atoms with Gasteiger partial charge in [-0.15, -0.1) is 28.2 Å². The predicted molar refractivity (Wildman–Crippen MR) is 429 cm³/mol. The molecule has 7 aliphatic rings. The Morgan fingerprint density at radius 1 is 0.827 bits per heavy atom. The maximum absolute atomic E-state index is 14.1. The van der Waals surface area contributed by atoms with Gasteiger partial charge in [-0.2, -0.15) is 0 Å². The van der Waals surface area contributed by atoms with Gasteiger partial charge in [0.05, 0.1) is 66.3 Å². The third-order valence-electron chi connectivity index (χ3n) is 23.1. The number of thiazole rings is 1. The number of carbonyl (C=O) groups excluding carboxylic acids is 5. The van der Waals surface area contributed by atoms with E-state index in [9.17, 15) is 37.5 Å². The Labute approximate surface area is 657 Å². The number of sulfonamides is 1. The molecule has 5 amide bonds. The number of benzene rings is 4. The van der Waals surface area contributed by atoms with Crippen LogP contribution in [0.2, 0.25) is 0 Å². The summed E-state index contributed by atoms with van der Waals surface area (Å²) in [6.45, 7) is 26.5. The number of hydrogen-bond acceptors (Lipinski definition) is 20. The molecule has 5 N–H and O–H groups in total. The number of anilines is 2. The number of thioether (sulfide) groups is 1. The monoisotopic (exact) mass is 1560 g/mol. The molecule has 110 heavy (non-hydrogen) atoms. The molecule has 5 heterocycles. The smallest absolute Gasteiger partial charge is 0.264 e. The minimum Gasteiger partial charge on any atom is -0.391 e. The van der Waals surface area contributed by atoms with Crippen LogP contribution in [-0.4, -0.2) is 218 Å². The standard InChI is InChI=1S/C83H113N13O11S3/c1-9-82-54-83(55-82,56-82)70-46-81(7,8)29-27-63(70)48-92-34-36-93(37-35-92)66-23-21-62(22-24-66)77(100)89-110(103,104)69-25-26-71(58(2)44-69)86-64(53-108-68-14-11-10-12-15-68)28-31-91-32-38-94(39-33-91)74(99)16-13-30-95-49-65(88-90-95)51-106-42-40-105-41-43-107-52-73(98)87-76(80(4,5)6)79(102)96-50-67(97)45-72(96)78(101)84-47-60-17-19-61(20-18-60)75-59(3)85-57-109-75/h10-12,14-15,17-26,44,49,57,64,67,72,76,86,97H,9,13,16,27-43,45-48,50-56H2,1-8H3,(H,84,101)(H,87,98)(H,89,100)/t64-,67-,72+,76-,82?,83?/m1/s1. The van der Waals surface area contributed by atoms with Gasteiger partial charge in [0.1, 0.15) is 24.4 Å². The second-order valence-electron chi connectivity index (χ2n) is 33.0. The number of aryl methyl sites for hydroxylation is 3. The molecule has 6 fully saturated rings. The molecule has 3 saturated carbocycles. The molecule has 594 valence electrons. The number of likely N-dealkylation sites (tertiary alicyclic amines) is 1. The molecule has 3 saturated heterocycles. The van der Waals surface area contributed by atoms with Crippen LogP contribution in [0.5, 0.6) is 0 Å². The SMILES string of the molecule is CCC12CC(C3=C(CN4CCN(c5ccc(C(=O)NS(=O)(=O)c6ccc(N[C@H](CCN7CCN(C(=O)CCCn8cc(COCCOCCOCC(=O)N[C@H](C(=O)N9C[C@H](O)C[C@H]9C(=O)NCc9ccc(-c%10scnc%10C)cc9)C(C)(C)C)nn8)CC7)CSc7ccccc7)c(C)c6)cc5)CC4)CCC(C)(C)C3)(C1)C2. The molecule has 6 aromatic rings. The number of rotatable bonds is 36. The molecule has 2 aromatic heterocycles. The van der Waals surface area contributed by atoms with Crippen molar-refractivity contribution in [3.63, 3.8) is 0 Å². The first kappa shape index (κ1) is 81.9. The maximum atomic E-state index is 14.1. The number of allylic oxidation sites excluding steroid dienone is 1. The molecule has 13 rings (SSSR count). The van der Waals surface area contributed by atoms with Crippen LogP contribution in [0.4, 0.5) is 11.4 Å². The molecule has 24 nitrogen and oxygen atoms in total. The summed E-state index contributed by atoms with van der Waals surface area (Å²) in [5.74, 6) is -1.14. The number of amides is 5. The van der Waals surface area contributed by atoms with E-state index in [1.807, 2.05) is 111 Å². The van der Waals surface area contributed by atoms with Crippen LogP contribution in [0.25, 0.3) is 10.4 Å². The topological polar surface area (TPSA) is 275 Å². The van der Waals surface area contributed by atoms with Crippen LogP contribution < -0.4 is 25.6 Å². The fourth-order valence-corrected chi connectivity index (χ4v) is 19.5. The van der Waals surface area contributed by atoms with Crippen molar-refractivity contribution in [2.75, 3.05) is 121 Å². The van der Waals surface area contributed by atoms with Crippen molar-refractivity contribution in [2.24, 2.45) is 21.7 Å². The lowest BCUT2D eigenvalue weighted by Gasteiger charge is -2.73. The fraction of sp³-hybridized carbons (Fsp3) is 0.566. The van der Waals surface area contributed by atoms with E-state index in [1.54, 1.807) is 63.7 Å². The predicted octanol–water partition coefficient (Wildman–Crippen LogP) is 10.3. The Morgan fingerprint density at radius 3 is 2.23 bits per heavy atom. The summed E-state index contributed by atoms with van der Waals surface area (Å²) in [5, 5.41) is 28.6. The fourth-order valence-electron chi connectivity index (χ4n) is 16.6. The number of carbonyl (C=O) groups is 5. The van der Waals surface area contributed by atoms with Gasteiger partial charge in [0, 0.05) is 132 Å². The van der Waals surface area contributed by atoms with Crippen LogP contribution in [-0.2, 0) is 63.1 Å². The summed E-state index contributed by atoms with van der Waals surface area (Å²) >= 11 is 3.33. The van der Waals surface area contributed by atoms with E-state index in [-0.39, 0.29) is 87.5 Å². The lowest BCUT2D eigenvalue weighted by atomic mass is 9.31. The second-order valence-corrected chi connectivity index (χ2v) is 36.7. The second kappa shape index (κ2) is 36.5. The number of aliphatic hydroxyl groups is 1. The molecule has 4 aliphatic carbocycles. The Morgan fingerprint density at radius 2 is 1.54 bits per heavy atom. The average molecular weight is 1570 g/mol.